The first kappa shape index (κ1) is 10.4. The van der Waals surface area contributed by atoms with Gasteiger partial charge in [-0.25, -0.2) is 0 Å². The first-order valence-electron chi connectivity index (χ1n) is 4.53. The zero-order valence-corrected chi connectivity index (χ0v) is 8.45. The molecule has 1 aromatic rings. The molecule has 3 nitrogen and oxygen atoms in total. The molecule has 0 aromatic carbocycles. The normalized spacial score (nSPS) is 10.4. The molecular weight excluding hydrogens is 176 g/mol. The Labute approximate surface area is 83.9 Å². The van der Waals surface area contributed by atoms with E-state index in [2.05, 4.69) is 10.3 Å². The number of pyridine rings is 1. The van der Waals surface area contributed by atoms with E-state index in [1.54, 1.807) is 6.20 Å². The zero-order valence-electron chi connectivity index (χ0n) is 8.45. The van der Waals surface area contributed by atoms with Crippen LogP contribution < -0.4 is 5.32 Å². The number of aryl methyl sites for hydroxylation is 1. The zero-order chi connectivity index (χ0) is 10.4. The molecule has 0 unspecified atom stereocenters. The number of hydrogen-bond donors (Lipinski definition) is 1. The highest BCUT2D eigenvalue weighted by molar-refractivity contribution is 5.73. The fraction of sp³-hybridized carbons (Fsp3) is 0.273. The van der Waals surface area contributed by atoms with E-state index in [0.717, 1.165) is 11.3 Å². The van der Waals surface area contributed by atoms with Gasteiger partial charge in [-0.05, 0) is 24.6 Å². The van der Waals surface area contributed by atoms with E-state index in [9.17, 15) is 4.79 Å². The summed E-state index contributed by atoms with van der Waals surface area (Å²) in [6.45, 7) is 4.05. The summed E-state index contributed by atoms with van der Waals surface area (Å²) < 4.78 is 0. The lowest BCUT2D eigenvalue weighted by molar-refractivity contribution is -0.118. The minimum Gasteiger partial charge on any atom is -0.353 e. The number of carbonyl (C=O) groups is 1. The molecule has 1 aromatic heterocycles. The molecule has 1 N–H and O–H groups in total. The highest BCUT2D eigenvalue weighted by atomic mass is 16.1. The molecular formula is C11H14N2O. The lowest BCUT2D eigenvalue weighted by Gasteiger charge is -1.98. The van der Waals surface area contributed by atoms with Crippen molar-refractivity contribution in [3.05, 3.63) is 35.7 Å². The minimum atomic E-state index is -0.0209. The summed E-state index contributed by atoms with van der Waals surface area (Å²) in [4.78, 5) is 14.8. The number of nitrogens with zero attached hydrogens (tertiary/aromatic N) is 1. The maximum Gasteiger partial charge on any atom is 0.217 e. The van der Waals surface area contributed by atoms with Crippen LogP contribution in [-0.2, 0) is 4.79 Å². The second-order valence-corrected chi connectivity index (χ2v) is 3.04. The number of carbonyl (C=O) groups excluding carboxylic acids is 1. The molecule has 0 aliphatic carbocycles. The molecule has 0 aliphatic heterocycles. The average Bonchev–Trinajstić information content (AvgIpc) is 2.15. The maximum absolute atomic E-state index is 10.6. The van der Waals surface area contributed by atoms with Crippen LogP contribution in [-0.4, -0.2) is 17.4 Å². The van der Waals surface area contributed by atoms with Gasteiger partial charge >= 0.3 is 0 Å². The Bertz CT molecular complexity index is 345. The largest absolute Gasteiger partial charge is 0.353 e. The van der Waals surface area contributed by atoms with Crippen molar-refractivity contribution in [2.24, 2.45) is 0 Å². The standard InChI is InChI=1S/C11H14N2O/c1-9-5-3-8-13-11(9)6-4-7-12-10(2)14/h3-6,8H,7H2,1-2H3,(H,12,14). The Morgan fingerprint density at radius 1 is 1.64 bits per heavy atom. The van der Waals surface area contributed by atoms with Crippen LogP contribution in [0.15, 0.2) is 24.4 Å². The van der Waals surface area contributed by atoms with Gasteiger partial charge in [-0.3, -0.25) is 9.78 Å². The second kappa shape index (κ2) is 5.17. The van der Waals surface area contributed by atoms with Crippen molar-refractivity contribution in [1.82, 2.24) is 10.3 Å². The van der Waals surface area contributed by atoms with Crippen molar-refractivity contribution in [2.75, 3.05) is 6.54 Å². The molecule has 0 saturated heterocycles. The van der Waals surface area contributed by atoms with Gasteiger partial charge in [0.25, 0.3) is 0 Å². The molecule has 14 heavy (non-hydrogen) atoms. The molecule has 1 amide bonds. The van der Waals surface area contributed by atoms with Gasteiger partial charge in [0, 0.05) is 19.7 Å². The first-order valence-corrected chi connectivity index (χ1v) is 4.53. The Balaban J connectivity index is 2.52. The lowest BCUT2D eigenvalue weighted by Crippen LogP contribution is -2.19. The second-order valence-electron chi connectivity index (χ2n) is 3.04. The monoisotopic (exact) mass is 190 g/mol. The number of rotatable bonds is 3. The molecule has 0 spiro atoms. The summed E-state index contributed by atoms with van der Waals surface area (Å²) in [7, 11) is 0. The van der Waals surface area contributed by atoms with E-state index in [4.69, 9.17) is 0 Å². The van der Waals surface area contributed by atoms with E-state index in [0.29, 0.717) is 6.54 Å². The predicted molar refractivity (Wildman–Crippen MR) is 56.7 cm³/mol. The highest BCUT2D eigenvalue weighted by Gasteiger charge is 1.92. The van der Waals surface area contributed by atoms with Gasteiger partial charge in [-0.1, -0.05) is 12.1 Å². The molecule has 0 fully saturated rings. The third-order valence-electron chi connectivity index (χ3n) is 1.79. The smallest absolute Gasteiger partial charge is 0.217 e. The predicted octanol–water partition coefficient (Wildman–Crippen LogP) is 1.54. The Hall–Kier alpha value is -1.64. The fourth-order valence-corrected chi connectivity index (χ4v) is 1.05. The molecule has 3 heteroatoms. The number of nitrogens with one attached hydrogen (secondary N) is 1. The molecule has 0 aliphatic rings. The quantitative estimate of drug-likeness (QED) is 0.785. The van der Waals surface area contributed by atoms with Crippen LogP contribution in [0.3, 0.4) is 0 Å². The van der Waals surface area contributed by atoms with Gasteiger partial charge < -0.3 is 5.32 Å². The van der Waals surface area contributed by atoms with Crippen LogP contribution in [0, 0.1) is 6.92 Å². The Morgan fingerprint density at radius 3 is 3.07 bits per heavy atom. The summed E-state index contributed by atoms with van der Waals surface area (Å²) in [6, 6.07) is 3.91. The topological polar surface area (TPSA) is 42.0 Å². The van der Waals surface area contributed by atoms with Crippen molar-refractivity contribution in [3.8, 4) is 0 Å². The Morgan fingerprint density at radius 2 is 2.43 bits per heavy atom. The van der Waals surface area contributed by atoms with Crippen LogP contribution in [0.5, 0.6) is 0 Å². The Kier molecular flexibility index (Phi) is 3.85. The maximum atomic E-state index is 10.6. The first-order chi connectivity index (χ1) is 6.70. The summed E-state index contributed by atoms with van der Waals surface area (Å²) in [5, 5.41) is 2.68. The van der Waals surface area contributed by atoms with E-state index >= 15 is 0 Å². The number of hydrogen-bond acceptors (Lipinski definition) is 2. The molecule has 0 atom stereocenters. The highest BCUT2D eigenvalue weighted by Crippen LogP contribution is 2.04. The van der Waals surface area contributed by atoms with E-state index < -0.39 is 0 Å². The van der Waals surface area contributed by atoms with Crippen LogP contribution in [0.4, 0.5) is 0 Å². The lowest BCUT2D eigenvalue weighted by atomic mass is 10.2. The van der Waals surface area contributed by atoms with Gasteiger partial charge in [-0.2, -0.15) is 0 Å². The summed E-state index contributed by atoms with van der Waals surface area (Å²) in [5.41, 5.74) is 2.07. The van der Waals surface area contributed by atoms with Gasteiger partial charge in [0.2, 0.25) is 5.91 Å². The molecule has 1 heterocycles. The average molecular weight is 190 g/mol. The van der Waals surface area contributed by atoms with E-state index in [-0.39, 0.29) is 5.91 Å². The van der Waals surface area contributed by atoms with Crippen LogP contribution in [0.2, 0.25) is 0 Å². The molecule has 1 rings (SSSR count). The van der Waals surface area contributed by atoms with Gasteiger partial charge in [0.15, 0.2) is 0 Å². The molecule has 74 valence electrons. The van der Waals surface area contributed by atoms with Crippen molar-refractivity contribution < 1.29 is 4.79 Å². The van der Waals surface area contributed by atoms with Crippen LogP contribution in [0.1, 0.15) is 18.2 Å². The summed E-state index contributed by atoms with van der Waals surface area (Å²) in [6.07, 6.45) is 5.55. The summed E-state index contributed by atoms with van der Waals surface area (Å²) in [5.74, 6) is -0.0209. The van der Waals surface area contributed by atoms with Crippen molar-refractivity contribution in [1.29, 1.82) is 0 Å². The molecule has 0 saturated carbocycles. The minimum absolute atomic E-state index is 0.0209. The van der Waals surface area contributed by atoms with Crippen molar-refractivity contribution in [3.63, 3.8) is 0 Å². The van der Waals surface area contributed by atoms with Crippen LogP contribution >= 0.6 is 0 Å². The van der Waals surface area contributed by atoms with Crippen LogP contribution in [0.25, 0.3) is 6.08 Å². The van der Waals surface area contributed by atoms with E-state index in [1.807, 2.05) is 31.2 Å². The molecule has 0 bridgehead atoms. The molecule has 0 radical (unpaired) electrons. The summed E-state index contributed by atoms with van der Waals surface area (Å²) >= 11 is 0. The van der Waals surface area contributed by atoms with Gasteiger partial charge in [-0.15, -0.1) is 0 Å². The SMILES string of the molecule is CC(=O)NCC=Cc1ncccc1C. The van der Waals surface area contributed by atoms with Crippen molar-refractivity contribution in [2.45, 2.75) is 13.8 Å². The number of aromatic nitrogens is 1. The van der Waals surface area contributed by atoms with Crippen molar-refractivity contribution >= 4 is 12.0 Å². The van der Waals surface area contributed by atoms with Gasteiger partial charge in [0.05, 0.1) is 5.69 Å². The van der Waals surface area contributed by atoms with Gasteiger partial charge in [0.1, 0.15) is 0 Å². The third kappa shape index (κ3) is 3.39. The fourth-order valence-electron chi connectivity index (χ4n) is 1.05. The van der Waals surface area contributed by atoms with E-state index in [1.165, 1.54) is 6.92 Å². The number of amides is 1. The third-order valence-corrected chi connectivity index (χ3v) is 1.79.